The van der Waals surface area contributed by atoms with Crippen LogP contribution in [0.3, 0.4) is 0 Å². The number of ether oxygens (including phenoxy) is 1. The van der Waals surface area contributed by atoms with Crippen molar-refractivity contribution in [1.29, 1.82) is 0 Å². The molecule has 1 aliphatic rings. The van der Waals surface area contributed by atoms with Gasteiger partial charge in [0.25, 0.3) is 0 Å². The molecule has 0 amide bonds. The molecule has 1 saturated heterocycles. The largest absolute Gasteiger partial charge is 0.494 e. The van der Waals surface area contributed by atoms with E-state index in [1.165, 1.54) is 0 Å². The van der Waals surface area contributed by atoms with Crippen LogP contribution < -0.4 is 10.5 Å². The van der Waals surface area contributed by atoms with Crippen LogP contribution in [-0.2, 0) is 0 Å². The SMILES string of the molecule is NC(=NCCCOc1ccccc1)N1CCSCC1. The van der Waals surface area contributed by atoms with E-state index in [1.807, 2.05) is 42.1 Å². The predicted octanol–water partition coefficient (Wildman–Crippen LogP) is 1.82. The summed E-state index contributed by atoms with van der Waals surface area (Å²) in [5, 5.41) is 0. The van der Waals surface area contributed by atoms with Crippen molar-refractivity contribution >= 4 is 17.7 Å². The summed E-state index contributed by atoms with van der Waals surface area (Å²) in [4.78, 5) is 6.57. The summed E-state index contributed by atoms with van der Waals surface area (Å²) in [6.45, 7) is 3.43. The third-order valence-electron chi connectivity index (χ3n) is 2.92. The Kier molecular flexibility index (Phi) is 5.88. The molecule has 5 heteroatoms. The molecule has 1 aliphatic heterocycles. The molecule has 1 aromatic carbocycles. The summed E-state index contributed by atoms with van der Waals surface area (Å²) in [6.07, 6.45) is 0.887. The highest BCUT2D eigenvalue weighted by Gasteiger charge is 2.11. The molecule has 0 aromatic heterocycles. The molecule has 0 unspecified atom stereocenters. The molecule has 1 heterocycles. The molecule has 0 atom stereocenters. The number of aliphatic imine (C=N–C) groups is 1. The van der Waals surface area contributed by atoms with Gasteiger partial charge in [0.1, 0.15) is 5.75 Å². The van der Waals surface area contributed by atoms with Gasteiger partial charge in [-0.2, -0.15) is 11.8 Å². The molecular formula is C14H21N3OS. The smallest absolute Gasteiger partial charge is 0.191 e. The summed E-state index contributed by atoms with van der Waals surface area (Å²) < 4.78 is 5.61. The molecule has 0 saturated carbocycles. The molecule has 1 aromatic rings. The van der Waals surface area contributed by atoms with E-state index in [-0.39, 0.29) is 0 Å². The number of rotatable bonds is 5. The van der Waals surface area contributed by atoms with Gasteiger partial charge in [0.2, 0.25) is 0 Å². The van der Waals surface area contributed by atoms with Crippen LogP contribution in [0.2, 0.25) is 0 Å². The number of hydrogen-bond donors (Lipinski definition) is 1. The monoisotopic (exact) mass is 279 g/mol. The van der Waals surface area contributed by atoms with Crippen LogP contribution in [0.1, 0.15) is 6.42 Å². The molecule has 1 fully saturated rings. The molecule has 0 spiro atoms. The lowest BCUT2D eigenvalue weighted by Gasteiger charge is -2.27. The molecular weight excluding hydrogens is 258 g/mol. The Labute approximate surface area is 119 Å². The Morgan fingerprint density at radius 2 is 2.00 bits per heavy atom. The standard InChI is InChI=1S/C14H21N3OS/c15-14(17-8-11-19-12-9-17)16-7-4-10-18-13-5-2-1-3-6-13/h1-3,5-6H,4,7-12H2,(H2,15,16). The Morgan fingerprint density at radius 1 is 1.26 bits per heavy atom. The van der Waals surface area contributed by atoms with Crippen LogP contribution in [0.25, 0.3) is 0 Å². The minimum Gasteiger partial charge on any atom is -0.494 e. The molecule has 2 rings (SSSR count). The maximum atomic E-state index is 5.97. The maximum absolute atomic E-state index is 5.97. The van der Waals surface area contributed by atoms with E-state index in [4.69, 9.17) is 10.5 Å². The van der Waals surface area contributed by atoms with Gasteiger partial charge >= 0.3 is 0 Å². The topological polar surface area (TPSA) is 50.9 Å². The first-order valence-corrected chi connectivity index (χ1v) is 7.82. The first-order chi connectivity index (χ1) is 9.36. The highest BCUT2D eigenvalue weighted by Crippen LogP contribution is 2.09. The fourth-order valence-electron chi connectivity index (χ4n) is 1.86. The second kappa shape index (κ2) is 7.94. The number of benzene rings is 1. The van der Waals surface area contributed by atoms with Crippen molar-refractivity contribution in [3.63, 3.8) is 0 Å². The highest BCUT2D eigenvalue weighted by atomic mass is 32.2. The van der Waals surface area contributed by atoms with Crippen LogP contribution in [0.15, 0.2) is 35.3 Å². The summed E-state index contributed by atoms with van der Waals surface area (Å²) in [5.41, 5.74) is 5.97. The molecule has 2 N–H and O–H groups in total. The normalized spacial score (nSPS) is 16.4. The van der Waals surface area contributed by atoms with E-state index in [0.29, 0.717) is 12.6 Å². The lowest BCUT2D eigenvalue weighted by atomic mass is 10.3. The lowest BCUT2D eigenvalue weighted by molar-refractivity contribution is 0.313. The van der Waals surface area contributed by atoms with E-state index >= 15 is 0 Å². The number of nitrogens with zero attached hydrogens (tertiary/aromatic N) is 2. The van der Waals surface area contributed by atoms with Gasteiger partial charge in [0.05, 0.1) is 6.61 Å². The minimum absolute atomic E-state index is 0.677. The third-order valence-corrected chi connectivity index (χ3v) is 3.87. The van der Waals surface area contributed by atoms with Crippen molar-refractivity contribution in [1.82, 2.24) is 4.90 Å². The lowest BCUT2D eigenvalue weighted by Crippen LogP contribution is -2.42. The minimum atomic E-state index is 0.677. The number of guanidine groups is 1. The number of hydrogen-bond acceptors (Lipinski definition) is 3. The van der Waals surface area contributed by atoms with Gasteiger partial charge in [-0.15, -0.1) is 0 Å². The van der Waals surface area contributed by atoms with Crippen molar-refractivity contribution in [2.24, 2.45) is 10.7 Å². The van der Waals surface area contributed by atoms with Crippen molar-refractivity contribution in [3.05, 3.63) is 30.3 Å². The van der Waals surface area contributed by atoms with Crippen LogP contribution in [0.5, 0.6) is 5.75 Å². The van der Waals surface area contributed by atoms with E-state index in [2.05, 4.69) is 9.89 Å². The van der Waals surface area contributed by atoms with Crippen LogP contribution in [-0.4, -0.2) is 48.6 Å². The van der Waals surface area contributed by atoms with Crippen molar-refractivity contribution in [2.45, 2.75) is 6.42 Å². The highest BCUT2D eigenvalue weighted by molar-refractivity contribution is 7.99. The molecule has 0 radical (unpaired) electrons. The molecule has 0 bridgehead atoms. The quantitative estimate of drug-likeness (QED) is 0.507. The van der Waals surface area contributed by atoms with E-state index in [0.717, 1.165) is 43.3 Å². The fourth-order valence-corrected chi connectivity index (χ4v) is 2.76. The maximum Gasteiger partial charge on any atom is 0.191 e. The molecule has 104 valence electrons. The van der Waals surface area contributed by atoms with Gasteiger partial charge in [-0.25, -0.2) is 0 Å². The van der Waals surface area contributed by atoms with Crippen LogP contribution in [0, 0.1) is 0 Å². The van der Waals surface area contributed by atoms with Gasteiger partial charge in [-0.05, 0) is 12.1 Å². The van der Waals surface area contributed by atoms with Gasteiger partial charge in [-0.1, -0.05) is 18.2 Å². The summed E-state index contributed by atoms with van der Waals surface area (Å²) in [6, 6.07) is 9.85. The van der Waals surface area contributed by atoms with Gasteiger partial charge in [-0.3, -0.25) is 4.99 Å². The van der Waals surface area contributed by atoms with Crippen LogP contribution >= 0.6 is 11.8 Å². The zero-order valence-corrected chi connectivity index (χ0v) is 11.9. The van der Waals surface area contributed by atoms with Gasteiger partial charge in [0, 0.05) is 37.6 Å². The Hall–Kier alpha value is -1.36. The van der Waals surface area contributed by atoms with Gasteiger partial charge in [0.15, 0.2) is 5.96 Å². The molecule has 19 heavy (non-hydrogen) atoms. The second-order valence-electron chi connectivity index (χ2n) is 4.35. The Morgan fingerprint density at radius 3 is 2.74 bits per heavy atom. The number of thioether (sulfide) groups is 1. The summed E-state index contributed by atoms with van der Waals surface area (Å²) in [5.74, 6) is 3.88. The summed E-state index contributed by atoms with van der Waals surface area (Å²) in [7, 11) is 0. The van der Waals surface area contributed by atoms with Crippen LogP contribution in [0.4, 0.5) is 0 Å². The number of nitrogens with two attached hydrogens (primary N) is 1. The van der Waals surface area contributed by atoms with E-state index in [9.17, 15) is 0 Å². The summed E-state index contributed by atoms with van der Waals surface area (Å²) >= 11 is 1.97. The van der Waals surface area contributed by atoms with Crippen molar-refractivity contribution in [3.8, 4) is 5.75 Å². The number of para-hydroxylation sites is 1. The van der Waals surface area contributed by atoms with E-state index in [1.54, 1.807) is 0 Å². The zero-order chi connectivity index (χ0) is 13.3. The Balaban J connectivity index is 1.62. The van der Waals surface area contributed by atoms with Gasteiger partial charge < -0.3 is 15.4 Å². The average Bonchev–Trinajstić information content (AvgIpc) is 2.49. The average molecular weight is 279 g/mol. The van der Waals surface area contributed by atoms with Crippen molar-refractivity contribution in [2.75, 3.05) is 37.7 Å². The predicted molar refractivity (Wildman–Crippen MR) is 81.9 cm³/mol. The fraction of sp³-hybridized carbons (Fsp3) is 0.500. The first kappa shape index (κ1) is 14.1. The Bertz CT molecular complexity index is 391. The molecule has 4 nitrogen and oxygen atoms in total. The van der Waals surface area contributed by atoms with E-state index < -0.39 is 0 Å². The first-order valence-electron chi connectivity index (χ1n) is 6.67. The zero-order valence-electron chi connectivity index (χ0n) is 11.1. The second-order valence-corrected chi connectivity index (χ2v) is 5.58. The third kappa shape index (κ3) is 5.03. The van der Waals surface area contributed by atoms with Crippen molar-refractivity contribution < 1.29 is 4.74 Å². The molecule has 0 aliphatic carbocycles.